The molecule has 0 aliphatic carbocycles. The van der Waals surface area contributed by atoms with Crippen LogP contribution in [0, 0.1) is 6.92 Å². The van der Waals surface area contributed by atoms with Crippen molar-refractivity contribution in [2.45, 2.75) is 16.3 Å². The number of aryl methyl sites for hydroxylation is 1. The third kappa shape index (κ3) is 2.84. The third-order valence-corrected chi connectivity index (χ3v) is 4.84. The highest BCUT2D eigenvalue weighted by atomic mass is 32.2. The van der Waals surface area contributed by atoms with Gasteiger partial charge in [0.25, 0.3) is 0 Å². The fourth-order valence-corrected chi connectivity index (χ4v) is 3.74. The number of para-hydroxylation sites is 1. The summed E-state index contributed by atoms with van der Waals surface area (Å²) in [5.41, 5.74) is 8.23. The van der Waals surface area contributed by atoms with Crippen LogP contribution in [0.5, 0.6) is 0 Å². The van der Waals surface area contributed by atoms with Gasteiger partial charge in [-0.3, -0.25) is 0 Å². The molecule has 5 nitrogen and oxygen atoms in total. The zero-order valence-corrected chi connectivity index (χ0v) is 12.8. The number of rotatable bonds is 3. The van der Waals surface area contributed by atoms with Gasteiger partial charge in [-0.1, -0.05) is 23.4 Å². The minimum absolute atomic E-state index is 0.0748. The molecule has 7 heteroatoms. The maximum atomic E-state index is 8.96. The van der Waals surface area contributed by atoms with Crippen molar-refractivity contribution in [1.29, 1.82) is 0 Å². The smallest absolute Gasteiger partial charge is 0.170 e. The lowest BCUT2D eigenvalue weighted by Crippen LogP contribution is -2.14. The van der Waals surface area contributed by atoms with Gasteiger partial charge in [-0.2, -0.15) is 0 Å². The topological polar surface area (TPSA) is 84.4 Å². The first kappa shape index (κ1) is 13.8. The molecule has 2 aromatic heterocycles. The van der Waals surface area contributed by atoms with Crippen LogP contribution in [0.3, 0.4) is 0 Å². The van der Waals surface area contributed by atoms with Gasteiger partial charge in [-0.15, -0.1) is 11.3 Å². The van der Waals surface area contributed by atoms with Crippen molar-refractivity contribution in [3.8, 4) is 0 Å². The molecule has 3 N–H and O–H groups in total. The number of nitrogens with zero attached hydrogens (tertiary/aromatic N) is 3. The fourth-order valence-electron chi connectivity index (χ4n) is 1.94. The Morgan fingerprint density at radius 1 is 1.33 bits per heavy atom. The Morgan fingerprint density at radius 3 is 2.86 bits per heavy atom. The first-order chi connectivity index (χ1) is 10.2. The van der Waals surface area contributed by atoms with Gasteiger partial charge in [-0.25, -0.2) is 9.97 Å². The predicted octanol–water partition coefficient (Wildman–Crippen LogP) is 3.25. The highest BCUT2D eigenvalue weighted by Gasteiger charge is 2.11. The van der Waals surface area contributed by atoms with E-state index in [0.717, 1.165) is 26.0 Å². The minimum Gasteiger partial charge on any atom is -0.409 e. The lowest BCUT2D eigenvalue weighted by atomic mass is 10.1. The number of aromatic nitrogens is 2. The Hall–Kier alpha value is -2.12. The average Bonchev–Trinajstić information content (AvgIpc) is 2.90. The third-order valence-electron chi connectivity index (χ3n) is 2.87. The second-order valence-electron chi connectivity index (χ2n) is 4.37. The van der Waals surface area contributed by atoms with Crippen molar-refractivity contribution in [2.24, 2.45) is 10.9 Å². The van der Waals surface area contributed by atoms with Crippen molar-refractivity contribution < 1.29 is 5.21 Å². The van der Waals surface area contributed by atoms with Crippen LogP contribution in [0.1, 0.15) is 11.3 Å². The van der Waals surface area contributed by atoms with Crippen LogP contribution >= 0.6 is 23.1 Å². The number of thiazole rings is 1. The summed E-state index contributed by atoms with van der Waals surface area (Å²) in [7, 11) is 0. The van der Waals surface area contributed by atoms with E-state index in [9.17, 15) is 0 Å². The second-order valence-corrected chi connectivity index (χ2v) is 6.49. The summed E-state index contributed by atoms with van der Waals surface area (Å²) in [6, 6.07) is 9.43. The fraction of sp³-hybridized carbons (Fsp3) is 0.0714. The maximum absolute atomic E-state index is 8.96. The lowest BCUT2D eigenvalue weighted by molar-refractivity contribution is 0.318. The first-order valence-electron chi connectivity index (χ1n) is 6.15. The van der Waals surface area contributed by atoms with Crippen LogP contribution in [-0.4, -0.2) is 21.0 Å². The van der Waals surface area contributed by atoms with Gasteiger partial charge in [0.15, 0.2) is 10.2 Å². The van der Waals surface area contributed by atoms with Crippen LogP contribution in [0.25, 0.3) is 10.9 Å². The number of nitrogens with two attached hydrogens (primary N) is 1. The summed E-state index contributed by atoms with van der Waals surface area (Å²) in [4.78, 5) is 9.01. The van der Waals surface area contributed by atoms with Gasteiger partial charge in [0.05, 0.1) is 5.52 Å². The molecule has 2 heterocycles. The van der Waals surface area contributed by atoms with Gasteiger partial charge in [0.2, 0.25) is 0 Å². The summed E-state index contributed by atoms with van der Waals surface area (Å²) in [6.07, 6.45) is 0. The summed E-state index contributed by atoms with van der Waals surface area (Å²) < 4.78 is 0.917. The number of hydrogen-bond acceptors (Lipinski definition) is 6. The molecule has 106 valence electrons. The summed E-state index contributed by atoms with van der Waals surface area (Å²) in [5.74, 6) is 0.0748. The Kier molecular flexibility index (Phi) is 3.76. The Balaban J connectivity index is 2.11. The van der Waals surface area contributed by atoms with E-state index in [-0.39, 0.29) is 5.84 Å². The highest BCUT2D eigenvalue weighted by Crippen LogP contribution is 2.31. The largest absolute Gasteiger partial charge is 0.409 e. The molecule has 3 aromatic rings. The average molecular weight is 316 g/mol. The van der Waals surface area contributed by atoms with E-state index >= 15 is 0 Å². The normalized spacial score (nSPS) is 12.0. The molecule has 1 aromatic carbocycles. The van der Waals surface area contributed by atoms with Crippen LogP contribution in [0.4, 0.5) is 0 Å². The number of amidine groups is 1. The number of fused-ring (bicyclic) bond motifs is 1. The first-order valence-corrected chi connectivity index (χ1v) is 7.84. The molecular weight excluding hydrogens is 304 g/mol. The molecular formula is C14H12N4OS2. The molecule has 0 saturated heterocycles. The van der Waals surface area contributed by atoms with Crippen LogP contribution in [0.2, 0.25) is 0 Å². The van der Waals surface area contributed by atoms with Crippen molar-refractivity contribution in [2.75, 3.05) is 0 Å². The molecule has 0 radical (unpaired) electrons. The molecule has 0 saturated carbocycles. The van der Waals surface area contributed by atoms with E-state index in [1.807, 2.05) is 42.6 Å². The SMILES string of the molecule is Cc1csc(Sc2cc(C(N)=NO)c3ccccc3n2)n1. The summed E-state index contributed by atoms with van der Waals surface area (Å²) >= 11 is 3.04. The maximum Gasteiger partial charge on any atom is 0.170 e. The van der Waals surface area contributed by atoms with E-state index < -0.39 is 0 Å². The van der Waals surface area contributed by atoms with Gasteiger partial charge in [-0.05, 0) is 30.8 Å². The summed E-state index contributed by atoms with van der Waals surface area (Å²) in [5, 5.41) is 15.7. The zero-order chi connectivity index (χ0) is 14.8. The standard InChI is InChI=1S/C14H12N4OS2/c1-8-7-20-14(16-8)21-12-6-10(13(15)18-19)9-4-2-3-5-11(9)17-12/h2-7,19H,1H3,(H2,15,18). The van der Waals surface area contributed by atoms with E-state index in [0.29, 0.717) is 5.56 Å². The monoisotopic (exact) mass is 316 g/mol. The van der Waals surface area contributed by atoms with Gasteiger partial charge in [0.1, 0.15) is 5.03 Å². The van der Waals surface area contributed by atoms with Crippen LogP contribution < -0.4 is 5.73 Å². The van der Waals surface area contributed by atoms with Crippen molar-refractivity contribution in [3.63, 3.8) is 0 Å². The second kappa shape index (κ2) is 5.71. The zero-order valence-electron chi connectivity index (χ0n) is 11.1. The van der Waals surface area contributed by atoms with E-state index in [4.69, 9.17) is 10.9 Å². The van der Waals surface area contributed by atoms with E-state index in [1.54, 1.807) is 11.3 Å². The Labute approximate surface area is 129 Å². The molecule has 0 amide bonds. The number of oxime groups is 1. The van der Waals surface area contributed by atoms with Gasteiger partial charge in [0, 0.05) is 22.0 Å². The number of hydrogen-bond donors (Lipinski definition) is 2. The molecule has 0 bridgehead atoms. The molecule has 0 atom stereocenters. The van der Waals surface area contributed by atoms with E-state index in [2.05, 4.69) is 15.1 Å². The number of benzene rings is 1. The lowest BCUT2D eigenvalue weighted by Gasteiger charge is -2.07. The molecule has 21 heavy (non-hydrogen) atoms. The molecule has 0 aliphatic heterocycles. The predicted molar refractivity (Wildman–Crippen MR) is 85.2 cm³/mol. The van der Waals surface area contributed by atoms with Crippen molar-refractivity contribution >= 4 is 39.8 Å². The highest BCUT2D eigenvalue weighted by molar-refractivity contribution is 8.01. The quantitative estimate of drug-likeness (QED) is 0.335. The number of pyridine rings is 1. The van der Waals surface area contributed by atoms with Crippen LogP contribution in [0.15, 0.2) is 50.2 Å². The molecule has 0 spiro atoms. The summed E-state index contributed by atoms with van der Waals surface area (Å²) in [6.45, 7) is 1.95. The van der Waals surface area contributed by atoms with E-state index in [1.165, 1.54) is 11.8 Å². The molecule has 0 aliphatic rings. The van der Waals surface area contributed by atoms with Gasteiger partial charge >= 0.3 is 0 Å². The minimum atomic E-state index is 0.0748. The van der Waals surface area contributed by atoms with Crippen molar-refractivity contribution in [3.05, 3.63) is 47.0 Å². The van der Waals surface area contributed by atoms with Crippen molar-refractivity contribution in [1.82, 2.24) is 9.97 Å². The molecule has 3 rings (SSSR count). The molecule has 0 unspecified atom stereocenters. The Bertz CT molecular complexity index is 829. The Morgan fingerprint density at radius 2 is 2.14 bits per heavy atom. The van der Waals surface area contributed by atoms with Gasteiger partial charge < -0.3 is 10.9 Å². The van der Waals surface area contributed by atoms with Crippen LogP contribution in [-0.2, 0) is 0 Å². The molecule has 0 fully saturated rings.